The van der Waals surface area contributed by atoms with Gasteiger partial charge in [0.25, 0.3) is 0 Å². The maximum Gasteiger partial charge on any atom is 0.0923 e. The molecule has 0 bridgehead atoms. The van der Waals surface area contributed by atoms with Crippen LogP contribution in [0.15, 0.2) is 30.7 Å². The predicted molar refractivity (Wildman–Crippen MR) is 66.5 cm³/mol. The van der Waals surface area contributed by atoms with Crippen LogP contribution in [0, 0.1) is 13.8 Å². The van der Waals surface area contributed by atoms with Crippen LogP contribution in [-0.4, -0.2) is 9.97 Å². The summed E-state index contributed by atoms with van der Waals surface area (Å²) < 4.78 is 0. The van der Waals surface area contributed by atoms with Crippen molar-refractivity contribution in [3.8, 4) is 0 Å². The van der Waals surface area contributed by atoms with Gasteiger partial charge in [-0.25, -0.2) is 4.98 Å². The van der Waals surface area contributed by atoms with Gasteiger partial charge in [-0.3, -0.25) is 0 Å². The molecule has 0 saturated heterocycles. The van der Waals surface area contributed by atoms with Crippen LogP contribution in [0.1, 0.15) is 28.8 Å². The van der Waals surface area contributed by atoms with Crippen LogP contribution in [0.4, 0.5) is 0 Å². The minimum absolute atomic E-state index is 1.05. The molecular weight excluding hydrogens is 196 g/mol. The first kappa shape index (κ1) is 10.9. The number of imidazole rings is 1. The molecule has 2 heteroatoms. The summed E-state index contributed by atoms with van der Waals surface area (Å²) >= 11 is 0. The molecule has 0 radical (unpaired) electrons. The number of aryl methyl sites for hydroxylation is 3. The van der Waals surface area contributed by atoms with Gasteiger partial charge < -0.3 is 4.98 Å². The molecule has 0 spiro atoms. The van der Waals surface area contributed by atoms with E-state index in [1.165, 1.54) is 16.7 Å². The molecule has 0 aliphatic heterocycles. The van der Waals surface area contributed by atoms with Crippen molar-refractivity contribution in [1.29, 1.82) is 0 Å². The molecule has 2 aromatic rings. The van der Waals surface area contributed by atoms with E-state index in [-0.39, 0.29) is 0 Å². The predicted octanol–water partition coefficient (Wildman–Crippen LogP) is 3.20. The van der Waals surface area contributed by atoms with E-state index in [9.17, 15) is 0 Å². The quantitative estimate of drug-likeness (QED) is 0.831. The SMILES string of the molecule is Cc1cccc(C)c1CCCc1c[nH]cn1. The van der Waals surface area contributed by atoms with Crippen LogP contribution in [0.2, 0.25) is 0 Å². The summed E-state index contributed by atoms with van der Waals surface area (Å²) in [6, 6.07) is 6.51. The number of aromatic nitrogens is 2. The number of hydrogen-bond acceptors (Lipinski definition) is 1. The lowest BCUT2D eigenvalue weighted by Crippen LogP contribution is -1.95. The van der Waals surface area contributed by atoms with Crippen molar-refractivity contribution < 1.29 is 0 Å². The Labute approximate surface area is 96.7 Å². The molecule has 0 aliphatic carbocycles. The molecule has 0 amide bonds. The number of nitrogens with one attached hydrogen (secondary N) is 1. The molecule has 1 aromatic heterocycles. The number of hydrogen-bond donors (Lipinski definition) is 1. The van der Waals surface area contributed by atoms with E-state index >= 15 is 0 Å². The van der Waals surface area contributed by atoms with Gasteiger partial charge in [-0.05, 0) is 49.8 Å². The third-order valence-electron chi connectivity index (χ3n) is 3.06. The third-order valence-corrected chi connectivity index (χ3v) is 3.06. The highest BCUT2D eigenvalue weighted by Gasteiger charge is 2.02. The molecular formula is C14H18N2. The van der Waals surface area contributed by atoms with Crippen LogP contribution >= 0.6 is 0 Å². The first-order valence-corrected chi connectivity index (χ1v) is 5.80. The lowest BCUT2D eigenvalue weighted by molar-refractivity contribution is 0.796. The van der Waals surface area contributed by atoms with Crippen LogP contribution < -0.4 is 0 Å². The summed E-state index contributed by atoms with van der Waals surface area (Å²) in [6.45, 7) is 4.38. The highest BCUT2D eigenvalue weighted by Crippen LogP contribution is 2.16. The molecule has 0 saturated carbocycles. The van der Waals surface area contributed by atoms with Crippen molar-refractivity contribution in [3.05, 3.63) is 53.1 Å². The second-order valence-electron chi connectivity index (χ2n) is 4.28. The van der Waals surface area contributed by atoms with Gasteiger partial charge in [0, 0.05) is 6.20 Å². The minimum Gasteiger partial charge on any atom is -0.351 e. The standard InChI is InChI=1S/C14H18N2/c1-11-5-3-6-12(2)14(11)8-4-7-13-9-15-10-16-13/h3,5-6,9-10H,4,7-8H2,1-2H3,(H,15,16). The van der Waals surface area contributed by atoms with E-state index in [4.69, 9.17) is 0 Å². The van der Waals surface area contributed by atoms with Gasteiger partial charge in [0.2, 0.25) is 0 Å². The summed E-state index contributed by atoms with van der Waals surface area (Å²) in [7, 11) is 0. The number of rotatable bonds is 4. The normalized spacial score (nSPS) is 10.6. The topological polar surface area (TPSA) is 28.7 Å². The summed E-state index contributed by atoms with van der Waals surface area (Å²) in [5, 5.41) is 0. The second-order valence-corrected chi connectivity index (χ2v) is 4.28. The van der Waals surface area contributed by atoms with Gasteiger partial charge in [0.1, 0.15) is 0 Å². The van der Waals surface area contributed by atoms with Gasteiger partial charge >= 0.3 is 0 Å². The molecule has 0 unspecified atom stereocenters. The molecule has 0 aliphatic rings. The van der Waals surface area contributed by atoms with E-state index in [0.717, 1.165) is 25.0 Å². The average Bonchev–Trinajstić information content (AvgIpc) is 2.75. The molecule has 84 valence electrons. The van der Waals surface area contributed by atoms with Crippen molar-refractivity contribution in [2.45, 2.75) is 33.1 Å². The smallest absolute Gasteiger partial charge is 0.0923 e. The fourth-order valence-electron chi connectivity index (χ4n) is 2.12. The van der Waals surface area contributed by atoms with Crippen molar-refractivity contribution in [2.75, 3.05) is 0 Å². The minimum atomic E-state index is 1.05. The highest BCUT2D eigenvalue weighted by atomic mass is 14.9. The van der Waals surface area contributed by atoms with Gasteiger partial charge in [-0.1, -0.05) is 18.2 Å². The van der Waals surface area contributed by atoms with Gasteiger partial charge in [-0.15, -0.1) is 0 Å². The van der Waals surface area contributed by atoms with Crippen LogP contribution in [-0.2, 0) is 12.8 Å². The molecule has 2 rings (SSSR count). The van der Waals surface area contributed by atoms with Crippen molar-refractivity contribution in [3.63, 3.8) is 0 Å². The first-order valence-electron chi connectivity index (χ1n) is 5.80. The lowest BCUT2D eigenvalue weighted by Gasteiger charge is -2.08. The maximum absolute atomic E-state index is 4.24. The Bertz CT molecular complexity index is 424. The highest BCUT2D eigenvalue weighted by molar-refractivity contribution is 5.33. The second kappa shape index (κ2) is 4.97. The van der Waals surface area contributed by atoms with Gasteiger partial charge in [-0.2, -0.15) is 0 Å². The zero-order valence-corrected chi connectivity index (χ0v) is 9.96. The third kappa shape index (κ3) is 2.51. The first-order chi connectivity index (χ1) is 7.77. The van der Waals surface area contributed by atoms with Crippen LogP contribution in [0.3, 0.4) is 0 Å². The Morgan fingerprint density at radius 2 is 1.88 bits per heavy atom. The molecule has 1 aromatic carbocycles. The van der Waals surface area contributed by atoms with Gasteiger partial charge in [0.05, 0.1) is 12.0 Å². The Hall–Kier alpha value is -1.57. The van der Waals surface area contributed by atoms with E-state index in [2.05, 4.69) is 42.0 Å². The Morgan fingerprint density at radius 1 is 1.12 bits per heavy atom. The van der Waals surface area contributed by atoms with Crippen molar-refractivity contribution in [2.24, 2.45) is 0 Å². The van der Waals surface area contributed by atoms with E-state index < -0.39 is 0 Å². The summed E-state index contributed by atoms with van der Waals surface area (Å²) in [4.78, 5) is 7.23. The summed E-state index contributed by atoms with van der Waals surface area (Å²) in [5.74, 6) is 0. The van der Waals surface area contributed by atoms with E-state index in [1.807, 2.05) is 6.20 Å². The molecule has 2 nitrogen and oxygen atoms in total. The van der Waals surface area contributed by atoms with Crippen molar-refractivity contribution >= 4 is 0 Å². The van der Waals surface area contributed by atoms with Crippen LogP contribution in [0.5, 0.6) is 0 Å². The van der Waals surface area contributed by atoms with E-state index in [0.29, 0.717) is 0 Å². The van der Waals surface area contributed by atoms with Crippen molar-refractivity contribution in [1.82, 2.24) is 9.97 Å². The Morgan fingerprint density at radius 3 is 2.50 bits per heavy atom. The largest absolute Gasteiger partial charge is 0.351 e. The molecule has 0 fully saturated rings. The zero-order chi connectivity index (χ0) is 11.4. The van der Waals surface area contributed by atoms with Gasteiger partial charge in [0.15, 0.2) is 0 Å². The summed E-state index contributed by atoms with van der Waals surface area (Å²) in [5.41, 5.74) is 5.47. The average molecular weight is 214 g/mol. The van der Waals surface area contributed by atoms with E-state index in [1.54, 1.807) is 6.33 Å². The monoisotopic (exact) mass is 214 g/mol. The molecule has 1 N–H and O–H groups in total. The number of aromatic amines is 1. The van der Waals surface area contributed by atoms with Crippen LogP contribution in [0.25, 0.3) is 0 Å². The lowest BCUT2D eigenvalue weighted by atomic mass is 9.97. The fraction of sp³-hybridized carbons (Fsp3) is 0.357. The number of H-pyrrole nitrogens is 1. The molecule has 16 heavy (non-hydrogen) atoms. The Kier molecular flexibility index (Phi) is 3.40. The zero-order valence-electron chi connectivity index (χ0n) is 9.96. The fourth-order valence-corrected chi connectivity index (χ4v) is 2.12. The number of benzene rings is 1. The number of nitrogens with zero attached hydrogens (tertiary/aromatic N) is 1. The molecule has 1 heterocycles. The maximum atomic E-state index is 4.24. The molecule has 0 atom stereocenters. The summed E-state index contributed by atoms with van der Waals surface area (Å²) in [6.07, 6.45) is 7.08. The Balaban J connectivity index is 1.95.